The molecule has 0 amide bonds. The average Bonchev–Trinajstić information content (AvgIpc) is 2.14. The van der Waals surface area contributed by atoms with Gasteiger partial charge in [0, 0.05) is 0 Å². The number of hydrogen-bond donors (Lipinski definition) is 1. The van der Waals surface area contributed by atoms with Gasteiger partial charge in [0.15, 0.2) is 5.82 Å². The first kappa shape index (κ1) is 9.61. The first-order chi connectivity index (χ1) is 4.20. The number of aryl methyl sites for hydroxylation is 1. The first-order valence-electron chi connectivity index (χ1n) is 2.24. The molecule has 0 aliphatic carbocycles. The third-order valence-electron chi connectivity index (χ3n) is 0.711. The summed E-state index contributed by atoms with van der Waals surface area (Å²) in [4.78, 5) is 13.5. The van der Waals surface area contributed by atoms with Crippen molar-refractivity contribution in [3.8, 4) is 0 Å². The molecule has 0 saturated heterocycles. The standard InChI is InChI=1S/C4H4N2O3.Na.H/c1-2-5-3(4(7)8)9-6-2;;/h1H3,(H,7,8);;/q;+1;-1. The predicted molar refractivity (Wildman–Crippen MR) is 27.1 cm³/mol. The molecule has 1 heterocycles. The van der Waals surface area contributed by atoms with Gasteiger partial charge in [-0.05, 0) is 6.92 Å². The van der Waals surface area contributed by atoms with E-state index in [4.69, 9.17) is 5.11 Å². The molecule has 0 atom stereocenters. The number of nitrogens with zero attached hydrogens (tertiary/aromatic N) is 2. The van der Waals surface area contributed by atoms with Gasteiger partial charge in [0.1, 0.15) is 0 Å². The SMILES string of the molecule is Cc1noc(C(=O)O)n1.[H-].[Na+]. The van der Waals surface area contributed by atoms with Gasteiger partial charge in [-0.2, -0.15) is 4.98 Å². The maximum atomic E-state index is 10.0. The van der Waals surface area contributed by atoms with Crippen LogP contribution >= 0.6 is 0 Å². The van der Waals surface area contributed by atoms with Crippen molar-refractivity contribution in [2.45, 2.75) is 6.92 Å². The Morgan fingerprint density at radius 1 is 1.80 bits per heavy atom. The number of hydrogen-bond acceptors (Lipinski definition) is 4. The second-order valence-electron chi connectivity index (χ2n) is 1.45. The summed E-state index contributed by atoms with van der Waals surface area (Å²) in [5.41, 5.74) is 0. The number of aromatic nitrogens is 2. The number of carboxylic acid groups (broad SMARTS) is 1. The molecule has 0 bridgehead atoms. The van der Waals surface area contributed by atoms with E-state index in [1.54, 1.807) is 6.92 Å². The average molecular weight is 152 g/mol. The molecule has 0 aromatic carbocycles. The van der Waals surface area contributed by atoms with Crippen LogP contribution in [-0.4, -0.2) is 21.2 Å². The van der Waals surface area contributed by atoms with E-state index in [2.05, 4.69) is 14.7 Å². The van der Waals surface area contributed by atoms with Crippen molar-refractivity contribution in [1.82, 2.24) is 10.1 Å². The zero-order valence-corrected chi connectivity index (χ0v) is 7.66. The van der Waals surface area contributed by atoms with Crippen LogP contribution in [-0.2, 0) is 0 Å². The third-order valence-corrected chi connectivity index (χ3v) is 0.711. The predicted octanol–water partition coefficient (Wildman–Crippen LogP) is -2.81. The van der Waals surface area contributed by atoms with Crippen LogP contribution in [0.3, 0.4) is 0 Å². The molecule has 1 rings (SSSR count). The first-order valence-corrected chi connectivity index (χ1v) is 2.24. The van der Waals surface area contributed by atoms with Crippen LogP contribution in [0.2, 0.25) is 0 Å². The van der Waals surface area contributed by atoms with E-state index >= 15 is 0 Å². The number of carbonyl (C=O) groups is 1. The van der Waals surface area contributed by atoms with E-state index in [0.717, 1.165) is 0 Å². The molecule has 0 radical (unpaired) electrons. The minimum Gasteiger partial charge on any atom is -1.00 e. The molecule has 0 fully saturated rings. The van der Waals surface area contributed by atoms with Crippen molar-refractivity contribution in [2.75, 3.05) is 0 Å². The fourth-order valence-corrected chi connectivity index (χ4v) is 0.384. The van der Waals surface area contributed by atoms with Gasteiger partial charge in [-0.25, -0.2) is 4.79 Å². The molecule has 6 heteroatoms. The Morgan fingerprint density at radius 3 is 2.60 bits per heavy atom. The fourth-order valence-electron chi connectivity index (χ4n) is 0.384. The minimum absolute atomic E-state index is 0. The molecule has 0 unspecified atom stereocenters. The topological polar surface area (TPSA) is 76.2 Å². The molecule has 1 aromatic rings. The monoisotopic (exact) mass is 152 g/mol. The van der Waals surface area contributed by atoms with Crippen LogP contribution in [0.1, 0.15) is 17.9 Å². The van der Waals surface area contributed by atoms with Gasteiger partial charge in [0.25, 0.3) is 0 Å². The summed E-state index contributed by atoms with van der Waals surface area (Å²) < 4.78 is 4.27. The maximum absolute atomic E-state index is 10.0. The van der Waals surface area contributed by atoms with Gasteiger partial charge in [-0.1, -0.05) is 5.16 Å². The van der Waals surface area contributed by atoms with Crippen molar-refractivity contribution in [1.29, 1.82) is 0 Å². The molecular formula is C4H5N2NaO3. The number of carboxylic acids is 1. The molecule has 0 spiro atoms. The molecule has 0 aliphatic rings. The quantitative estimate of drug-likeness (QED) is 0.439. The van der Waals surface area contributed by atoms with Crippen LogP contribution in [0.15, 0.2) is 4.52 Å². The van der Waals surface area contributed by atoms with E-state index in [-0.39, 0.29) is 36.9 Å². The zero-order valence-electron chi connectivity index (χ0n) is 6.66. The number of rotatable bonds is 1. The zero-order chi connectivity index (χ0) is 6.85. The van der Waals surface area contributed by atoms with E-state index in [0.29, 0.717) is 5.82 Å². The maximum Gasteiger partial charge on any atom is 1.00 e. The van der Waals surface area contributed by atoms with Gasteiger partial charge in [0.2, 0.25) is 0 Å². The Labute approximate surface area is 80.2 Å². The summed E-state index contributed by atoms with van der Waals surface area (Å²) in [6.45, 7) is 1.55. The number of aromatic carboxylic acids is 1. The van der Waals surface area contributed by atoms with Crippen LogP contribution in [0.25, 0.3) is 0 Å². The van der Waals surface area contributed by atoms with Crippen molar-refractivity contribution in [2.24, 2.45) is 0 Å². The minimum atomic E-state index is -1.20. The van der Waals surface area contributed by atoms with Crippen molar-refractivity contribution >= 4 is 5.97 Å². The Bertz CT molecular complexity index is 239. The summed E-state index contributed by atoms with van der Waals surface area (Å²) in [6.07, 6.45) is 0. The van der Waals surface area contributed by atoms with Crippen molar-refractivity contribution in [3.05, 3.63) is 11.7 Å². The smallest absolute Gasteiger partial charge is 1.00 e. The second kappa shape index (κ2) is 3.70. The Hall–Kier alpha value is -0.390. The van der Waals surface area contributed by atoms with Gasteiger partial charge in [-0.3, -0.25) is 0 Å². The van der Waals surface area contributed by atoms with Gasteiger partial charge < -0.3 is 11.1 Å². The van der Waals surface area contributed by atoms with Crippen molar-refractivity contribution < 1.29 is 45.4 Å². The summed E-state index contributed by atoms with van der Waals surface area (Å²) in [6, 6.07) is 0. The molecule has 50 valence electrons. The van der Waals surface area contributed by atoms with Crippen LogP contribution < -0.4 is 29.6 Å². The van der Waals surface area contributed by atoms with E-state index < -0.39 is 5.97 Å². The third kappa shape index (κ3) is 2.09. The van der Waals surface area contributed by atoms with E-state index in [1.807, 2.05) is 0 Å². The van der Waals surface area contributed by atoms with Gasteiger partial charge in [0.05, 0.1) is 0 Å². The summed E-state index contributed by atoms with van der Waals surface area (Å²) in [5, 5.41) is 11.5. The Balaban J connectivity index is 0. The van der Waals surface area contributed by atoms with Crippen molar-refractivity contribution in [3.63, 3.8) is 0 Å². The molecule has 5 nitrogen and oxygen atoms in total. The summed E-state index contributed by atoms with van der Waals surface area (Å²) >= 11 is 0. The molecule has 1 aromatic heterocycles. The second-order valence-corrected chi connectivity index (χ2v) is 1.45. The summed E-state index contributed by atoms with van der Waals surface area (Å²) in [5.74, 6) is -1.24. The normalized spacial score (nSPS) is 8.50. The van der Waals surface area contributed by atoms with Crippen LogP contribution in [0.5, 0.6) is 0 Å². The molecular weight excluding hydrogens is 147 g/mol. The van der Waals surface area contributed by atoms with E-state index in [9.17, 15) is 4.79 Å². The molecule has 10 heavy (non-hydrogen) atoms. The molecule has 0 saturated carbocycles. The van der Waals surface area contributed by atoms with Gasteiger partial charge in [-0.15, -0.1) is 0 Å². The Morgan fingerprint density at radius 2 is 2.40 bits per heavy atom. The molecule has 0 aliphatic heterocycles. The van der Waals surface area contributed by atoms with Crippen LogP contribution in [0, 0.1) is 6.92 Å². The molecule has 1 N–H and O–H groups in total. The Kier molecular flexibility index (Phi) is 3.55. The summed E-state index contributed by atoms with van der Waals surface area (Å²) in [7, 11) is 0. The largest absolute Gasteiger partial charge is 1.00 e. The van der Waals surface area contributed by atoms with E-state index in [1.165, 1.54) is 0 Å². The van der Waals surface area contributed by atoms with Crippen LogP contribution in [0.4, 0.5) is 0 Å². The fraction of sp³-hybridized carbons (Fsp3) is 0.250. The van der Waals surface area contributed by atoms with Gasteiger partial charge >= 0.3 is 41.4 Å².